The van der Waals surface area contributed by atoms with E-state index in [-0.39, 0.29) is 17.5 Å². The van der Waals surface area contributed by atoms with Crippen LogP contribution < -0.4 is 0 Å². The van der Waals surface area contributed by atoms with Gasteiger partial charge in [0.15, 0.2) is 0 Å². The number of Topliss-reactive ketones (excluding diaryl/α,β-unsaturated/α-hetero) is 2. The largest absolute Gasteiger partial charge is 0.299 e. The minimum absolute atomic E-state index is 0.0487. The van der Waals surface area contributed by atoms with Crippen LogP contribution in [0.1, 0.15) is 33.6 Å². The lowest BCUT2D eigenvalue weighted by Gasteiger charge is -2.17. The van der Waals surface area contributed by atoms with E-state index in [1.54, 1.807) is 6.92 Å². The molecule has 0 aromatic heterocycles. The second-order valence-electron chi connectivity index (χ2n) is 3.58. The second-order valence-corrected chi connectivity index (χ2v) is 3.58. The Balaban J connectivity index is 2.96. The fourth-order valence-corrected chi connectivity index (χ4v) is 1.65. The molecule has 0 N–H and O–H groups in total. The molecule has 2 atom stereocenters. The summed E-state index contributed by atoms with van der Waals surface area (Å²) in [5, 5.41) is 0. The van der Waals surface area contributed by atoms with E-state index in [2.05, 4.69) is 0 Å². The molecule has 0 heterocycles. The van der Waals surface area contributed by atoms with Gasteiger partial charge in [-0.25, -0.2) is 0 Å². The first-order valence-electron chi connectivity index (χ1n) is 4.10. The van der Waals surface area contributed by atoms with E-state index < -0.39 is 5.41 Å². The van der Waals surface area contributed by atoms with E-state index in [0.29, 0.717) is 12.8 Å². The van der Waals surface area contributed by atoms with Gasteiger partial charge in [-0.1, -0.05) is 13.8 Å². The van der Waals surface area contributed by atoms with E-state index in [1.807, 2.05) is 13.8 Å². The molecule has 0 radical (unpaired) electrons. The van der Waals surface area contributed by atoms with Crippen LogP contribution in [0.5, 0.6) is 0 Å². The highest BCUT2D eigenvalue weighted by atomic mass is 16.2. The Labute approximate surface area is 67.0 Å². The van der Waals surface area contributed by atoms with Crippen LogP contribution in [-0.2, 0) is 9.59 Å². The second kappa shape index (κ2) is 2.43. The summed E-state index contributed by atoms with van der Waals surface area (Å²) in [4.78, 5) is 22.8. The average molecular weight is 154 g/mol. The molecule has 0 aromatic carbocycles. The molecule has 1 aliphatic rings. The number of carbonyl (C=O) groups is 2. The summed E-state index contributed by atoms with van der Waals surface area (Å²) in [7, 11) is 0. The maximum absolute atomic E-state index is 11.4. The van der Waals surface area contributed by atoms with Crippen LogP contribution in [0.25, 0.3) is 0 Å². The molecule has 0 spiro atoms. The highest BCUT2D eigenvalue weighted by molar-refractivity contribution is 6.13. The highest BCUT2D eigenvalue weighted by Crippen LogP contribution is 2.37. The molecule has 2 nitrogen and oxygen atoms in total. The molecule has 62 valence electrons. The fourth-order valence-electron chi connectivity index (χ4n) is 1.65. The maximum Gasteiger partial charge on any atom is 0.149 e. The number of carbonyl (C=O) groups excluding carboxylic acids is 2. The third-order valence-corrected chi connectivity index (χ3v) is 2.81. The standard InChI is InChI=1S/C9H14O2/c1-4-9(3)7(10)5-6(2)8(9)11/h6H,4-5H2,1-3H3/t6-,9-/m1/s1. The van der Waals surface area contributed by atoms with Crippen molar-refractivity contribution in [2.24, 2.45) is 11.3 Å². The summed E-state index contributed by atoms with van der Waals surface area (Å²) >= 11 is 0. The van der Waals surface area contributed by atoms with Crippen molar-refractivity contribution in [3.63, 3.8) is 0 Å². The van der Waals surface area contributed by atoms with Crippen LogP contribution in [0.2, 0.25) is 0 Å². The number of rotatable bonds is 1. The zero-order valence-electron chi connectivity index (χ0n) is 7.31. The lowest BCUT2D eigenvalue weighted by atomic mass is 9.83. The van der Waals surface area contributed by atoms with Crippen molar-refractivity contribution < 1.29 is 9.59 Å². The van der Waals surface area contributed by atoms with Gasteiger partial charge in [-0.15, -0.1) is 0 Å². The minimum Gasteiger partial charge on any atom is -0.299 e. The Morgan fingerprint density at radius 3 is 2.27 bits per heavy atom. The van der Waals surface area contributed by atoms with Crippen molar-refractivity contribution in [3.05, 3.63) is 0 Å². The lowest BCUT2D eigenvalue weighted by Crippen LogP contribution is -2.29. The van der Waals surface area contributed by atoms with Crippen LogP contribution in [0.15, 0.2) is 0 Å². The molecular weight excluding hydrogens is 140 g/mol. The van der Waals surface area contributed by atoms with E-state index in [1.165, 1.54) is 0 Å². The summed E-state index contributed by atoms with van der Waals surface area (Å²) in [6.45, 7) is 5.50. The van der Waals surface area contributed by atoms with E-state index in [0.717, 1.165) is 0 Å². The van der Waals surface area contributed by atoms with Crippen molar-refractivity contribution in [3.8, 4) is 0 Å². The van der Waals surface area contributed by atoms with Gasteiger partial charge in [0.2, 0.25) is 0 Å². The molecule has 1 aliphatic carbocycles. The fraction of sp³-hybridized carbons (Fsp3) is 0.778. The summed E-state index contributed by atoms with van der Waals surface area (Å²) < 4.78 is 0. The average Bonchev–Trinajstić information content (AvgIpc) is 2.16. The first-order valence-corrected chi connectivity index (χ1v) is 4.10. The molecule has 0 aliphatic heterocycles. The van der Waals surface area contributed by atoms with Crippen molar-refractivity contribution >= 4 is 11.6 Å². The molecular formula is C9H14O2. The first-order chi connectivity index (χ1) is 5.02. The molecule has 1 fully saturated rings. The van der Waals surface area contributed by atoms with Gasteiger partial charge in [0, 0.05) is 12.3 Å². The molecule has 0 amide bonds. The van der Waals surface area contributed by atoms with Gasteiger partial charge < -0.3 is 0 Å². The zero-order valence-corrected chi connectivity index (χ0v) is 7.31. The lowest BCUT2D eigenvalue weighted by molar-refractivity contribution is -0.134. The summed E-state index contributed by atoms with van der Waals surface area (Å²) in [5.74, 6) is 0.204. The number of hydrogen-bond donors (Lipinski definition) is 0. The molecule has 0 bridgehead atoms. The van der Waals surface area contributed by atoms with Crippen molar-refractivity contribution in [2.45, 2.75) is 33.6 Å². The van der Waals surface area contributed by atoms with E-state index in [4.69, 9.17) is 0 Å². The Bertz CT molecular complexity index is 208. The smallest absolute Gasteiger partial charge is 0.149 e. The van der Waals surface area contributed by atoms with Gasteiger partial charge in [0.25, 0.3) is 0 Å². The zero-order chi connectivity index (χ0) is 8.65. The summed E-state index contributed by atoms with van der Waals surface area (Å²) in [6.07, 6.45) is 1.10. The summed E-state index contributed by atoms with van der Waals surface area (Å²) in [5.41, 5.74) is -0.653. The molecule has 0 unspecified atom stereocenters. The molecule has 0 saturated heterocycles. The molecule has 1 saturated carbocycles. The third kappa shape index (κ3) is 1.01. The van der Waals surface area contributed by atoms with Crippen molar-refractivity contribution in [1.82, 2.24) is 0 Å². The molecule has 0 aromatic rings. The normalized spacial score (nSPS) is 38.3. The molecule has 1 rings (SSSR count). The molecule has 11 heavy (non-hydrogen) atoms. The quantitative estimate of drug-likeness (QED) is 0.537. The Hall–Kier alpha value is -0.660. The predicted molar refractivity (Wildman–Crippen MR) is 42.2 cm³/mol. The van der Waals surface area contributed by atoms with Gasteiger partial charge >= 0.3 is 0 Å². The monoisotopic (exact) mass is 154 g/mol. The highest BCUT2D eigenvalue weighted by Gasteiger charge is 2.47. The van der Waals surface area contributed by atoms with Crippen molar-refractivity contribution in [1.29, 1.82) is 0 Å². The van der Waals surface area contributed by atoms with Crippen LogP contribution >= 0.6 is 0 Å². The number of ketones is 2. The van der Waals surface area contributed by atoms with Gasteiger partial charge in [-0.2, -0.15) is 0 Å². The maximum atomic E-state index is 11.4. The van der Waals surface area contributed by atoms with E-state index >= 15 is 0 Å². The Morgan fingerprint density at radius 2 is 2.09 bits per heavy atom. The first kappa shape index (κ1) is 8.44. The van der Waals surface area contributed by atoms with Gasteiger partial charge in [0.05, 0.1) is 5.41 Å². The Morgan fingerprint density at radius 1 is 1.55 bits per heavy atom. The SMILES string of the molecule is CC[C@]1(C)C(=O)C[C@@H](C)C1=O. The minimum atomic E-state index is -0.653. The van der Waals surface area contributed by atoms with Crippen LogP contribution in [0.3, 0.4) is 0 Å². The number of hydrogen-bond acceptors (Lipinski definition) is 2. The van der Waals surface area contributed by atoms with Crippen LogP contribution in [-0.4, -0.2) is 11.6 Å². The van der Waals surface area contributed by atoms with Crippen LogP contribution in [0, 0.1) is 11.3 Å². The topological polar surface area (TPSA) is 34.1 Å². The van der Waals surface area contributed by atoms with Crippen molar-refractivity contribution in [2.75, 3.05) is 0 Å². The van der Waals surface area contributed by atoms with E-state index in [9.17, 15) is 9.59 Å². The van der Waals surface area contributed by atoms with Gasteiger partial charge in [-0.05, 0) is 13.3 Å². The Kier molecular flexibility index (Phi) is 1.87. The molecule has 2 heteroatoms. The van der Waals surface area contributed by atoms with Gasteiger partial charge in [-0.3, -0.25) is 9.59 Å². The van der Waals surface area contributed by atoms with Crippen LogP contribution in [0.4, 0.5) is 0 Å². The summed E-state index contributed by atoms with van der Waals surface area (Å²) in [6, 6.07) is 0. The third-order valence-electron chi connectivity index (χ3n) is 2.81. The predicted octanol–water partition coefficient (Wildman–Crippen LogP) is 1.58. The van der Waals surface area contributed by atoms with Gasteiger partial charge in [0.1, 0.15) is 11.6 Å².